The van der Waals surface area contributed by atoms with Crippen molar-refractivity contribution in [1.29, 1.82) is 0 Å². The van der Waals surface area contributed by atoms with Gasteiger partial charge >= 0.3 is 17.8 Å². The Morgan fingerprint density at radius 3 is 2.44 bits per heavy atom. The third-order valence-corrected chi connectivity index (χ3v) is 5.30. The Kier molecular flexibility index (Phi) is 5.32. The van der Waals surface area contributed by atoms with Crippen molar-refractivity contribution in [3.05, 3.63) is 81.7 Å². The fraction of sp³-hybridized carbons (Fsp3) is 0.250. The Labute approximate surface area is 181 Å². The molecule has 0 amide bonds. The topological polar surface area (TPSA) is 65.7 Å². The van der Waals surface area contributed by atoms with Gasteiger partial charge in [-0.2, -0.15) is 13.2 Å². The van der Waals surface area contributed by atoms with Crippen molar-refractivity contribution in [2.45, 2.75) is 38.1 Å². The first-order chi connectivity index (χ1) is 15.0. The van der Waals surface area contributed by atoms with Crippen molar-refractivity contribution in [2.75, 3.05) is 0 Å². The van der Waals surface area contributed by atoms with Gasteiger partial charge in [-0.1, -0.05) is 12.1 Å². The quantitative estimate of drug-likeness (QED) is 0.316. The lowest BCUT2D eigenvalue weighted by molar-refractivity contribution is -0.158. The second-order valence-corrected chi connectivity index (χ2v) is 8.00. The number of carbonyl (C=O) groups excluding carboxylic acids is 1. The predicted octanol–water partition coefficient (Wildman–Crippen LogP) is 5.15. The summed E-state index contributed by atoms with van der Waals surface area (Å²) in [6.45, 7) is 3.40. The fourth-order valence-corrected chi connectivity index (χ4v) is 3.55. The van der Waals surface area contributed by atoms with Crippen LogP contribution in [0.15, 0.2) is 63.8 Å². The van der Waals surface area contributed by atoms with Crippen LogP contribution in [0.2, 0.25) is 0 Å². The van der Waals surface area contributed by atoms with Gasteiger partial charge in [-0.15, -0.1) is 0 Å². The van der Waals surface area contributed by atoms with Crippen molar-refractivity contribution in [1.82, 2.24) is 0 Å². The zero-order valence-corrected chi connectivity index (χ0v) is 17.2. The molecule has 0 bridgehead atoms. The van der Waals surface area contributed by atoms with Gasteiger partial charge in [-0.05, 0) is 55.8 Å². The van der Waals surface area contributed by atoms with Crippen LogP contribution in [0.25, 0.3) is 17.0 Å². The Bertz CT molecular complexity index is 1250. The zero-order valence-electron chi connectivity index (χ0n) is 17.2. The molecule has 3 aromatic rings. The zero-order chi connectivity index (χ0) is 23.1. The van der Waals surface area contributed by atoms with E-state index in [0.717, 1.165) is 29.2 Å². The lowest BCUT2D eigenvalue weighted by Gasteiger charge is -2.30. The molecule has 0 fully saturated rings. The highest BCUT2D eigenvalue weighted by Gasteiger charge is 2.40. The largest absolute Gasteiger partial charge is 0.485 e. The molecule has 5 nitrogen and oxygen atoms in total. The number of halogens is 3. The summed E-state index contributed by atoms with van der Waals surface area (Å²) in [5.41, 5.74) is -0.648. The summed E-state index contributed by atoms with van der Waals surface area (Å²) in [4.78, 5) is 24.0. The highest BCUT2D eigenvalue weighted by Crippen LogP contribution is 2.38. The van der Waals surface area contributed by atoms with Gasteiger partial charge in [0.15, 0.2) is 0 Å². The molecule has 32 heavy (non-hydrogen) atoms. The molecule has 0 radical (unpaired) electrons. The molecule has 1 unspecified atom stereocenters. The molecule has 0 saturated carbocycles. The van der Waals surface area contributed by atoms with Crippen molar-refractivity contribution < 1.29 is 31.9 Å². The Morgan fingerprint density at radius 1 is 1.06 bits per heavy atom. The monoisotopic (exact) mass is 444 g/mol. The van der Waals surface area contributed by atoms with Crippen LogP contribution in [-0.4, -0.2) is 17.7 Å². The van der Waals surface area contributed by atoms with E-state index in [4.69, 9.17) is 13.9 Å². The van der Waals surface area contributed by atoms with Gasteiger partial charge in [0, 0.05) is 29.5 Å². The van der Waals surface area contributed by atoms with Crippen molar-refractivity contribution in [2.24, 2.45) is 0 Å². The lowest BCUT2D eigenvalue weighted by atomic mass is 9.96. The molecule has 2 aromatic carbocycles. The van der Waals surface area contributed by atoms with Crippen molar-refractivity contribution in [3.8, 4) is 5.75 Å². The number of carbonyl (C=O) groups is 1. The van der Waals surface area contributed by atoms with Gasteiger partial charge in [-0.3, -0.25) is 0 Å². The van der Waals surface area contributed by atoms with Crippen LogP contribution in [0.4, 0.5) is 13.2 Å². The van der Waals surface area contributed by atoms with E-state index < -0.39 is 35.0 Å². The Balaban J connectivity index is 1.45. The standard InChI is InChI=1S/C24H19F3O5/c1-23(2,32-21(29)11-5-14-3-8-16(9-4-14)24(25,26)27)19-13-17-18(30-19)10-6-15-7-12-20(28)31-22(15)17/h3-12,19H,13H2,1-2H3/b11-5+. The first kappa shape index (κ1) is 21.7. The first-order valence-corrected chi connectivity index (χ1v) is 9.84. The molecule has 0 aliphatic carbocycles. The van der Waals surface area contributed by atoms with E-state index in [9.17, 15) is 22.8 Å². The number of hydrogen-bond acceptors (Lipinski definition) is 5. The molecule has 0 spiro atoms. The molecule has 1 aliphatic heterocycles. The minimum atomic E-state index is -4.42. The molecule has 0 saturated heterocycles. The third-order valence-electron chi connectivity index (χ3n) is 5.30. The van der Waals surface area contributed by atoms with E-state index in [2.05, 4.69) is 0 Å². The molecule has 1 aromatic heterocycles. The number of hydrogen-bond donors (Lipinski definition) is 0. The average molecular weight is 444 g/mol. The van der Waals surface area contributed by atoms with Gasteiger partial charge in [0.2, 0.25) is 0 Å². The number of alkyl halides is 3. The molecule has 166 valence electrons. The van der Waals surface area contributed by atoms with Crippen LogP contribution in [-0.2, 0) is 22.1 Å². The minimum Gasteiger partial charge on any atom is -0.485 e. The molecule has 1 aliphatic rings. The van der Waals surface area contributed by atoms with E-state index in [1.807, 2.05) is 0 Å². The highest BCUT2D eigenvalue weighted by atomic mass is 19.4. The molecular formula is C24H19F3O5. The van der Waals surface area contributed by atoms with Gasteiger partial charge < -0.3 is 13.9 Å². The molecule has 1 atom stereocenters. The van der Waals surface area contributed by atoms with Crippen molar-refractivity contribution in [3.63, 3.8) is 0 Å². The molecule has 4 rings (SSSR count). The summed E-state index contributed by atoms with van der Waals surface area (Å²) in [6.07, 6.45) is -2.02. The van der Waals surface area contributed by atoms with Crippen molar-refractivity contribution >= 4 is 23.0 Å². The first-order valence-electron chi connectivity index (χ1n) is 9.84. The summed E-state index contributed by atoms with van der Waals surface area (Å²) in [7, 11) is 0. The second-order valence-electron chi connectivity index (χ2n) is 8.00. The van der Waals surface area contributed by atoms with Gasteiger partial charge in [0.25, 0.3) is 0 Å². The summed E-state index contributed by atoms with van der Waals surface area (Å²) < 4.78 is 54.8. The maximum atomic E-state index is 12.6. The van der Waals surface area contributed by atoms with E-state index in [1.54, 1.807) is 32.0 Å². The number of ether oxygens (including phenoxy) is 2. The molecule has 8 heteroatoms. The Morgan fingerprint density at radius 2 is 1.75 bits per heavy atom. The minimum absolute atomic E-state index is 0.378. The number of benzene rings is 2. The SMILES string of the molecule is CC(C)(OC(=O)/C=C/c1ccc(C(F)(F)F)cc1)C1Cc2c(ccc3ccc(=O)oc23)O1. The molecule has 0 N–H and O–H groups in total. The number of fused-ring (bicyclic) bond motifs is 3. The van der Waals surface area contributed by atoms with Crippen LogP contribution in [0.5, 0.6) is 5.75 Å². The van der Waals surface area contributed by atoms with Crippen LogP contribution in [0.3, 0.4) is 0 Å². The van der Waals surface area contributed by atoms with E-state index in [1.165, 1.54) is 24.3 Å². The predicted molar refractivity (Wildman–Crippen MR) is 111 cm³/mol. The highest BCUT2D eigenvalue weighted by molar-refractivity contribution is 5.87. The lowest BCUT2D eigenvalue weighted by Crippen LogP contribution is -2.43. The van der Waals surface area contributed by atoms with Crippen LogP contribution < -0.4 is 10.4 Å². The van der Waals surface area contributed by atoms with Gasteiger partial charge in [0.05, 0.1) is 5.56 Å². The summed E-state index contributed by atoms with van der Waals surface area (Å²) in [6, 6.07) is 11.0. The van der Waals surface area contributed by atoms with E-state index in [-0.39, 0.29) is 0 Å². The fourth-order valence-electron chi connectivity index (χ4n) is 3.55. The second kappa shape index (κ2) is 7.85. The van der Waals surface area contributed by atoms with Crippen LogP contribution >= 0.6 is 0 Å². The normalized spacial score (nSPS) is 16.2. The summed E-state index contributed by atoms with van der Waals surface area (Å²) in [5, 5.41) is 0.766. The van der Waals surface area contributed by atoms with E-state index >= 15 is 0 Å². The summed E-state index contributed by atoms with van der Waals surface area (Å²) in [5.74, 6) is -0.105. The van der Waals surface area contributed by atoms with E-state index in [0.29, 0.717) is 23.3 Å². The smallest absolute Gasteiger partial charge is 0.416 e. The van der Waals surface area contributed by atoms with Gasteiger partial charge in [-0.25, -0.2) is 9.59 Å². The number of rotatable bonds is 4. The Hall–Kier alpha value is -3.55. The average Bonchev–Trinajstić information content (AvgIpc) is 3.18. The van der Waals surface area contributed by atoms with Crippen LogP contribution in [0, 0.1) is 0 Å². The maximum Gasteiger partial charge on any atom is 0.416 e. The maximum absolute atomic E-state index is 12.6. The van der Waals surface area contributed by atoms with Crippen LogP contribution in [0.1, 0.15) is 30.5 Å². The van der Waals surface area contributed by atoms with Gasteiger partial charge in [0.1, 0.15) is 23.0 Å². The third kappa shape index (κ3) is 4.39. The summed E-state index contributed by atoms with van der Waals surface area (Å²) >= 11 is 0. The number of esters is 1. The molecule has 2 heterocycles. The molecular weight excluding hydrogens is 425 g/mol.